The number of aromatic hydroxyl groups is 1. The molecule has 4 bridgehead atoms. The number of nitrogens with zero attached hydrogens (tertiary/aromatic N) is 2. The fourth-order valence-electron chi connectivity index (χ4n) is 6.81. The molecular formula is C22H30N2O4S. The maximum atomic E-state index is 13.5. The predicted molar refractivity (Wildman–Crippen MR) is 109 cm³/mol. The summed E-state index contributed by atoms with van der Waals surface area (Å²) in [4.78, 5) is 15.4. The molecule has 1 amide bonds. The van der Waals surface area contributed by atoms with Crippen molar-refractivity contribution in [1.82, 2.24) is 9.21 Å². The number of benzene rings is 1. The number of phenolic OH excluding ortho intramolecular Hbond substituents is 1. The van der Waals surface area contributed by atoms with Crippen LogP contribution in [0.2, 0.25) is 0 Å². The van der Waals surface area contributed by atoms with Gasteiger partial charge in [0.25, 0.3) is 0 Å². The molecule has 1 heterocycles. The van der Waals surface area contributed by atoms with Crippen LogP contribution >= 0.6 is 0 Å². The fraction of sp³-hybridized carbons (Fsp3) is 0.682. The SMILES string of the molecule is Cc1ccc(O)c(S(=O)(=O)N2CCN(C(=O)C34CC5CC(CC(C5)C3)C4)CC2)c1. The van der Waals surface area contributed by atoms with Gasteiger partial charge in [-0.15, -0.1) is 0 Å². The van der Waals surface area contributed by atoms with E-state index in [-0.39, 0.29) is 35.1 Å². The summed E-state index contributed by atoms with van der Waals surface area (Å²) in [6.45, 7) is 3.25. The Labute approximate surface area is 172 Å². The van der Waals surface area contributed by atoms with Gasteiger partial charge in [-0.1, -0.05) is 6.07 Å². The van der Waals surface area contributed by atoms with Crippen molar-refractivity contribution in [3.05, 3.63) is 23.8 Å². The molecule has 0 unspecified atom stereocenters. The summed E-state index contributed by atoms with van der Waals surface area (Å²) in [5.41, 5.74) is 0.613. The van der Waals surface area contributed by atoms with E-state index < -0.39 is 10.0 Å². The molecule has 0 spiro atoms. The van der Waals surface area contributed by atoms with Gasteiger partial charge in [0.05, 0.1) is 5.41 Å². The van der Waals surface area contributed by atoms with Gasteiger partial charge < -0.3 is 10.0 Å². The number of aryl methyl sites for hydroxylation is 1. The zero-order valence-electron chi connectivity index (χ0n) is 17.0. The van der Waals surface area contributed by atoms with E-state index in [9.17, 15) is 18.3 Å². The second-order valence-electron chi connectivity index (χ2n) is 9.87. The van der Waals surface area contributed by atoms with Crippen LogP contribution in [0.15, 0.2) is 23.1 Å². The maximum absolute atomic E-state index is 13.5. The number of rotatable bonds is 3. The van der Waals surface area contributed by atoms with Crippen LogP contribution < -0.4 is 0 Å². The molecule has 0 aromatic heterocycles. The summed E-state index contributed by atoms with van der Waals surface area (Å²) in [6.07, 6.45) is 7.02. The van der Waals surface area contributed by atoms with Crippen LogP contribution in [0, 0.1) is 30.1 Å². The number of piperazine rings is 1. The van der Waals surface area contributed by atoms with Crippen LogP contribution in [-0.4, -0.2) is 54.8 Å². The molecule has 5 fully saturated rings. The Hall–Kier alpha value is -1.60. The van der Waals surface area contributed by atoms with Gasteiger partial charge in [-0.2, -0.15) is 4.31 Å². The van der Waals surface area contributed by atoms with E-state index >= 15 is 0 Å². The number of phenols is 1. The normalized spacial score (nSPS) is 34.5. The van der Waals surface area contributed by atoms with Gasteiger partial charge in [0.15, 0.2) is 0 Å². The van der Waals surface area contributed by atoms with Crippen molar-refractivity contribution in [2.45, 2.75) is 50.3 Å². The van der Waals surface area contributed by atoms with Crippen LogP contribution in [0.1, 0.15) is 44.1 Å². The third kappa shape index (κ3) is 3.17. The second kappa shape index (κ2) is 6.71. The fourth-order valence-corrected chi connectivity index (χ4v) is 8.40. The minimum atomic E-state index is -3.76. The number of amides is 1. The van der Waals surface area contributed by atoms with Gasteiger partial charge in [-0.25, -0.2) is 8.42 Å². The van der Waals surface area contributed by atoms with Gasteiger partial charge in [0.2, 0.25) is 15.9 Å². The molecule has 29 heavy (non-hydrogen) atoms. The average Bonchev–Trinajstić information content (AvgIpc) is 2.68. The van der Waals surface area contributed by atoms with E-state index in [1.54, 1.807) is 13.0 Å². The average molecular weight is 419 g/mol. The standard InChI is InChI=1S/C22H30N2O4S/c1-15-2-3-19(25)20(8-15)29(27,28)24-6-4-23(5-7-24)21(26)22-12-16-9-17(13-22)11-18(10-16)14-22/h2-3,8,16-18,25H,4-7,9-14H2,1H3. The number of carbonyl (C=O) groups is 1. The molecule has 0 radical (unpaired) electrons. The number of hydrogen-bond acceptors (Lipinski definition) is 4. The maximum Gasteiger partial charge on any atom is 0.246 e. The van der Waals surface area contributed by atoms with Crippen molar-refractivity contribution >= 4 is 15.9 Å². The Bertz CT molecular complexity index is 899. The van der Waals surface area contributed by atoms with Crippen molar-refractivity contribution in [2.24, 2.45) is 23.2 Å². The highest BCUT2D eigenvalue weighted by Gasteiger charge is 2.55. The summed E-state index contributed by atoms with van der Waals surface area (Å²) in [5, 5.41) is 10.1. The van der Waals surface area contributed by atoms with Crippen LogP contribution in [-0.2, 0) is 14.8 Å². The van der Waals surface area contributed by atoms with E-state index in [0.717, 1.165) is 42.6 Å². The van der Waals surface area contributed by atoms with Gasteiger partial charge in [0, 0.05) is 26.2 Å². The minimum Gasteiger partial charge on any atom is -0.507 e. The van der Waals surface area contributed by atoms with Crippen molar-refractivity contribution in [3.63, 3.8) is 0 Å². The topological polar surface area (TPSA) is 77.9 Å². The lowest BCUT2D eigenvalue weighted by Gasteiger charge is -2.57. The summed E-state index contributed by atoms with van der Waals surface area (Å²) in [5.74, 6) is 2.21. The monoisotopic (exact) mass is 418 g/mol. The van der Waals surface area contributed by atoms with E-state index in [2.05, 4.69) is 0 Å². The van der Waals surface area contributed by atoms with Crippen LogP contribution in [0.25, 0.3) is 0 Å². The lowest BCUT2D eigenvalue weighted by Crippen LogP contribution is -2.58. The molecule has 0 atom stereocenters. The first-order chi connectivity index (χ1) is 13.8. The molecule has 1 aliphatic heterocycles. The largest absolute Gasteiger partial charge is 0.507 e. The van der Waals surface area contributed by atoms with Crippen molar-refractivity contribution in [2.75, 3.05) is 26.2 Å². The number of carbonyl (C=O) groups excluding carboxylic acids is 1. The van der Waals surface area contributed by atoms with Gasteiger partial charge in [-0.05, 0) is 80.9 Å². The quantitative estimate of drug-likeness (QED) is 0.819. The van der Waals surface area contributed by atoms with Crippen molar-refractivity contribution < 1.29 is 18.3 Å². The lowest BCUT2D eigenvalue weighted by molar-refractivity contribution is -0.158. The molecule has 4 aliphatic carbocycles. The smallest absolute Gasteiger partial charge is 0.246 e. The first-order valence-electron chi connectivity index (χ1n) is 10.9. The first kappa shape index (κ1) is 19.4. The van der Waals surface area contributed by atoms with Crippen LogP contribution in [0.5, 0.6) is 5.75 Å². The Morgan fingerprint density at radius 1 is 1.00 bits per heavy atom. The highest BCUT2D eigenvalue weighted by molar-refractivity contribution is 7.89. The number of hydrogen-bond donors (Lipinski definition) is 1. The van der Waals surface area contributed by atoms with Crippen molar-refractivity contribution in [1.29, 1.82) is 0 Å². The molecule has 7 heteroatoms. The summed E-state index contributed by atoms with van der Waals surface area (Å²) >= 11 is 0. The zero-order valence-corrected chi connectivity index (χ0v) is 17.8. The molecule has 1 aromatic rings. The molecule has 6 rings (SSSR count). The Morgan fingerprint density at radius 2 is 1.55 bits per heavy atom. The van der Waals surface area contributed by atoms with Gasteiger partial charge in [-0.3, -0.25) is 4.79 Å². The third-order valence-corrected chi connectivity index (χ3v) is 9.68. The first-order valence-corrected chi connectivity index (χ1v) is 12.3. The highest BCUT2D eigenvalue weighted by Crippen LogP contribution is 2.60. The van der Waals surface area contributed by atoms with E-state index in [0.29, 0.717) is 13.1 Å². The summed E-state index contributed by atoms with van der Waals surface area (Å²) in [6, 6.07) is 4.63. The Morgan fingerprint density at radius 3 is 2.10 bits per heavy atom. The molecule has 158 valence electrons. The molecule has 6 nitrogen and oxygen atoms in total. The molecule has 4 saturated carbocycles. The number of sulfonamides is 1. The second-order valence-corrected chi connectivity index (χ2v) is 11.8. The van der Waals surface area contributed by atoms with Crippen LogP contribution in [0.4, 0.5) is 0 Å². The minimum absolute atomic E-state index is 0.0432. The van der Waals surface area contributed by atoms with E-state index in [1.807, 2.05) is 4.90 Å². The molecule has 1 aromatic carbocycles. The van der Waals surface area contributed by atoms with Crippen LogP contribution in [0.3, 0.4) is 0 Å². The summed E-state index contributed by atoms with van der Waals surface area (Å²) < 4.78 is 27.4. The van der Waals surface area contributed by atoms with Gasteiger partial charge in [0.1, 0.15) is 10.6 Å². The lowest BCUT2D eigenvalue weighted by atomic mass is 9.49. The van der Waals surface area contributed by atoms with Crippen molar-refractivity contribution in [3.8, 4) is 5.75 Å². The van der Waals surface area contributed by atoms with Gasteiger partial charge >= 0.3 is 0 Å². The predicted octanol–water partition coefficient (Wildman–Crippen LogP) is 2.75. The zero-order chi connectivity index (χ0) is 20.4. The Balaban J connectivity index is 1.29. The highest BCUT2D eigenvalue weighted by atomic mass is 32.2. The third-order valence-electron chi connectivity index (χ3n) is 7.75. The molecule has 1 saturated heterocycles. The molecule has 5 aliphatic rings. The molecular weight excluding hydrogens is 388 g/mol. The Kier molecular flexibility index (Phi) is 4.48. The van der Waals surface area contributed by atoms with E-state index in [4.69, 9.17) is 0 Å². The van der Waals surface area contributed by atoms with E-state index in [1.165, 1.54) is 35.7 Å². The molecule has 1 N–H and O–H groups in total. The summed E-state index contributed by atoms with van der Waals surface area (Å²) in [7, 11) is -3.76.